The summed E-state index contributed by atoms with van der Waals surface area (Å²) in [4.78, 5) is 25.4. The fourth-order valence-corrected chi connectivity index (χ4v) is 4.91. The molecule has 2 aromatic heterocycles. The number of nitrogens with one attached hydrogen (secondary N) is 2. The van der Waals surface area contributed by atoms with Gasteiger partial charge in [-0.25, -0.2) is 0 Å². The normalized spacial score (nSPS) is 17.8. The molecule has 152 valence electrons. The summed E-state index contributed by atoms with van der Waals surface area (Å²) in [6, 6.07) is 0. The van der Waals surface area contributed by atoms with Crippen molar-refractivity contribution in [3.8, 4) is 0 Å². The topological polar surface area (TPSA) is 110 Å². The van der Waals surface area contributed by atoms with Gasteiger partial charge < -0.3 is 15.8 Å². The molecule has 11 heteroatoms. The van der Waals surface area contributed by atoms with Crippen LogP contribution in [-0.2, 0) is 22.1 Å². The van der Waals surface area contributed by atoms with E-state index in [1.807, 2.05) is 27.7 Å². The first kappa shape index (κ1) is 20.7. The quantitative estimate of drug-likeness (QED) is 0.640. The van der Waals surface area contributed by atoms with Crippen LogP contribution >= 0.6 is 22.9 Å². The van der Waals surface area contributed by atoms with Crippen molar-refractivity contribution < 1.29 is 23.1 Å². The average Bonchev–Trinajstić information content (AvgIpc) is 3.09. The van der Waals surface area contributed by atoms with Crippen LogP contribution in [0.1, 0.15) is 64.5 Å². The molecule has 28 heavy (non-hydrogen) atoms. The summed E-state index contributed by atoms with van der Waals surface area (Å²) in [6.07, 6.45) is 1.25. The lowest BCUT2D eigenvalue weighted by Gasteiger charge is -2.41. The molecule has 1 aliphatic heterocycles. The summed E-state index contributed by atoms with van der Waals surface area (Å²) in [7, 11) is 0. The Morgan fingerprint density at radius 2 is 2.04 bits per heavy atom. The van der Waals surface area contributed by atoms with Gasteiger partial charge >= 0.3 is 5.38 Å². The number of carbonyl (C=O) groups excluding carboxylic acids is 2. The molecule has 0 unspecified atom stereocenters. The van der Waals surface area contributed by atoms with E-state index in [1.165, 1.54) is 0 Å². The smallest absolute Gasteiger partial charge is 0.352 e. The standard InChI is InChI=1S/C17H19ClF2N4O3S/c1-15(2)5-7-9(12(21)25)14(28-11(7)16(3,4)27-15)23-13(26)10-8(6-22-24-10)17(18,19)20/h6H,5H2,1-4H3,(H2,21,25)(H,22,24)(H,23,26). The number of rotatable bonds is 4. The molecule has 4 N–H and O–H groups in total. The average molecular weight is 433 g/mol. The van der Waals surface area contributed by atoms with Crippen molar-refractivity contribution in [1.29, 1.82) is 0 Å². The van der Waals surface area contributed by atoms with E-state index in [1.54, 1.807) is 0 Å². The molecule has 2 amide bonds. The van der Waals surface area contributed by atoms with Crippen LogP contribution in [0.15, 0.2) is 6.20 Å². The maximum absolute atomic E-state index is 13.5. The summed E-state index contributed by atoms with van der Waals surface area (Å²) in [5.74, 6) is -1.66. The van der Waals surface area contributed by atoms with Crippen molar-refractivity contribution in [3.05, 3.63) is 33.5 Å². The lowest BCUT2D eigenvalue weighted by Crippen LogP contribution is -2.42. The third-order valence-corrected chi connectivity index (χ3v) is 5.98. The predicted octanol–water partition coefficient (Wildman–Crippen LogP) is 3.70. The first-order valence-electron chi connectivity index (χ1n) is 8.31. The minimum atomic E-state index is -3.78. The molecule has 0 atom stereocenters. The highest BCUT2D eigenvalue weighted by atomic mass is 35.5. The largest absolute Gasteiger partial charge is 0.365 e. The van der Waals surface area contributed by atoms with Crippen molar-refractivity contribution in [1.82, 2.24) is 10.2 Å². The SMILES string of the molecule is CC1(C)Cc2c(sc(NC(=O)c3n[nH]cc3C(F)(F)Cl)c2C(N)=O)C(C)(C)O1. The van der Waals surface area contributed by atoms with Gasteiger partial charge in [-0.05, 0) is 44.9 Å². The molecular weight excluding hydrogens is 414 g/mol. The zero-order chi connectivity index (χ0) is 21.1. The van der Waals surface area contributed by atoms with Gasteiger partial charge in [-0.3, -0.25) is 14.7 Å². The van der Waals surface area contributed by atoms with Crippen molar-refractivity contribution in [2.75, 3.05) is 5.32 Å². The van der Waals surface area contributed by atoms with Gasteiger partial charge in [-0.15, -0.1) is 11.3 Å². The monoisotopic (exact) mass is 432 g/mol. The van der Waals surface area contributed by atoms with Gasteiger partial charge in [0.2, 0.25) is 0 Å². The summed E-state index contributed by atoms with van der Waals surface area (Å²) < 4.78 is 33.0. The van der Waals surface area contributed by atoms with Crippen LogP contribution in [0, 0.1) is 0 Å². The van der Waals surface area contributed by atoms with Crippen LogP contribution in [0.2, 0.25) is 0 Å². The van der Waals surface area contributed by atoms with Crippen LogP contribution in [0.4, 0.5) is 13.8 Å². The Bertz CT molecular complexity index is 962. The highest BCUT2D eigenvalue weighted by Gasteiger charge is 2.43. The van der Waals surface area contributed by atoms with Crippen LogP contribution in [0.25, 0.3) is 0 Å². The molecule has 0 spiro atoms. The second-order valence-electron chi connectivity index (χ2n) is 7.63. The first-order valence-corrected chi connectivity index (χ1v) is 9.51. The van der Waals surface area contributed by atoms with Gasteiger partial charge in [-0.2, -0.15) is 13.9 Å². The second-order valence-corrected chi connectivity index (χ2v) is 9.12. The van der Waals surface area contributed by atoms with Gasteiger partial charge in [0.25, 0.3) is 11.8 Å². The number of aromatic nitrogens is 2. The fraction of sp³-hybridized carbons (Fsp3) is 0.471. The van der Waals surface area contributed by atoms with E-state index in [0.717, 1.165) is 22.4 Å². The maximum atomic E-state index is 13.5. The van der Waals surface area contributed by atoms with Gasteiger partial charge in [0, 0.05) is 17.5 Å². The molecular formula is C17H19ClF2N4O3S. The number of hydrogen-bond donors (Lipinski definition) is 3. The number of alkyl halides is 3. The zero-order valence-electron chi connectivity index (χ0n) is 15.6. The van der Waals surface area contributed by atoms with Crippen LogP contribution in [-0.4, -0.2) is 27.6 Å². The number of fused-ring (bicyclic) bond motifs is 1. The Labute approximate surface area is 168 Å². The Balaban J connectivity index is 2.05. The molecule has 3 heterocycles. The minimum Gasteiger partial charge on any atom is -0.365 e. The van der Waals surface area contributed by atoms with Gasteiger partial charge in [0.05, 0.1) is 22.3 Å². The number of halogens is 3. The number of ether oxygens (including phenoxy) is 1. The summed E-state index contributed by atoms with van der Waals surface area (Å²) in [6.45, 7) is 7.47. The minimum absolute atomic E-state index is 0.146. The molecule has 0 saturated heterocycles. The highest BCUT2D eigenvalue weighted by Crippen LogP contribution is 2.48. The van der Waals surface area contributed by atoms with E-state index in [2.05, 4.69) is 15.5 Å². The molecule has 0 fully saturated rings. The van der Waals surface area contributed by atoms with E-state index in [0.29, 0.717) is 12.0 Å². The Morgan fingerprint density at radius 1 is 1.39 bits per heavy atom. The Kier molecular flexibility index (Phi) is 4.80. The Morgan fingerprint density at radius 3 is 2.61 bits per heavy atom. The first-order chi connectivity index (χ1) is 12.7. The summed E-state index contributed by atoms with van der Waals surface area (Å²) >= 11 is 6.14. The summed E-state index contributed by atoms with van der Waals surface area (Å²) in [5.41, 5.74) is 3.77. The molecule has 0 bridgehead atoms. The van der Waals surface area contributed by atoms with Gasteiger partial charge in [-0.1, -0.05) is 0 Å². The highest BCUT2D eigenvalue weighted by molar-refractivity contribution is 7.17. The van der Waals surface area contributed by atoms with E-state index in [4.69, 9.17) is 22.1 Å². The number of H-pyrrole nitrogens is 1. The lowest BCUT2D eigenvalue weighted by molar-refractivity contribution is -0.135. The second kappa shape index (κ2) is 6.50. The summed E-state index contributed by atoms with van der Waals surface area (Å²) in [5, 5.41) is 4.60. The third kappa shape index (κ3) is 3.63. The molecule has 0 radical (unpaired) electrons. The van der Waals surface area contributed by atoms with Crippen molar-refractivity contribution in [2.45, 2.75) is 50.7 Å². The number of nitrogens with two attached hydrogens (primary N) is 1. The van der Waals surface area contributed by atoms with E-state index in [9.17, 15) is 18.4 Å². The third-order valence-electron chi connectivity index (χ3n) is 4.32. The number of primary amides is 1. The van der Waals surface area contributed by atoms with Crippen LogP contribution in [0.3, 0.4) is 0 Å². The number of anilines is 1. The fourth-order valence-electron chi connectivity index (χ4n) is 3.51. The predicted molar refractivity (Wildman–Crippen MR) is 101 cm³/mol. The molecule has 3 rings (SSSR count). The molecule has 0 saturated carbocycles. The van der Waals surface area contributed by atoms with Crippen molar-refractivity contribution in [3.63, 3.8) is 0 Å². The number of thiophene rings is 1. The van der Waals surface area contributed by atoms with Crippen LogP contribution in [0.5, 0.6) is 0 Å². The van der Waals surface area contributed by atoms with E-state index < -0.39 is 39.7 Å². The number of amides is 2. The van der Waals surface area contributed by atoms with Gasteiger partial charge in [0.1, 0.15) is 5.00 Å². The van der Waals surface area contributed by atoms with Crippen molar-refractivity contribution in [2.24, 2.45) is 5.73 Å². The van der Waals surface area contributed by atoms with Crippen LogP contribution < -0.4 is 11.1 Å². The maximum Gasteiger partial charge on any atom is 0.352 e. The Hall–Kier alpha value is -2.04. The number of nitrogens with zero attached hydrogens (tertiary/aromatic N) is 1. The molecule has 1 aliphatic rings. The molecule has 0 aliphatic carbocycles. The number of aromatic amines is 1. The molecule has 0 aromatic carbocycles. The zero-order valence-corrected chi connectivity index (χ0v) is 17.1. The van der Waals surface area contributed by atoms with Crippen molar-refractivity contribution >= 4 is 39.8 Å². The van der Waals surface area contributed by atoms with Gasteiger partial charge in [0.15, 0.2) is 5.69 Å². The number of carbonyl (C=O) groups is 2. The van der Waals surface area contributed by atoms with E-state index >= 15 is 0 Å². The molecule has 7 nitrogen and oxygen atoms in total. The lowest BCUT2D eigenvalue weighted by atomic mass is 9.86. The van der Waals surface area contributed by atoms with E-state index in [-0.39, 0.29) is 10.6 Å². The number of hydrogen-bond acceptors (Lipinski definition) is 5. The molecule has 2 aromatic rings.